The van der Waals surface area contributed by atoms with Crippen LogP contribution in [-0.2, 0) is 15.4 Å². The van der Waals surface area contributed by atoms with Crippen LogP contribution in [0.2, 0.25) is 0 Å². The molecule has 0 saturated carbocycles. The fourth-order valence-corrected chi connectivity index (χ4v) is 4.06. The smallest absolute Gasteiger partial charge is 0.288 e. The van der Waals surface area contributed by atoms with Crippen molar-refractivity contribution in [1.29, 1.82) is 0 Å². The van der Waals surface area contributed by atoms with E-state index in [1.807, 2.05) is 0 Å². The van der Waals surface area contributed by atoms with Crippen molar-refractivity contribution in [3.8, 4) is 0 Å². The standard InChI is InChI=1S/C9H9NO5S/c1-9(11)5-16(14,15)8-6(9)3-2-4-7(8)10(12)13/h2-4,11H,5H2,1H3. The minimum Gasteiger partial charge on any atom is -0.384 e. The monoisotopic (exact) mass is 243 g/mol. The lowest BCUT2D eigenvalue weighted by Gasteiger charge is -2.14. The summed E-state index contributed by atoms with van der Waals surface area (Å²) in [6, 6.07) is 3.89. The van der Waals surface area contributed by atoms with Gasteiger partial charge < -0.3 is 5.11 Å². The van der Waals surface area contributed by atoms with Gasteiger partial charge in [-0.3, -0.25) is 10.1 Å². The molecule has 0 aromatic heterocycles. The summed E-state index contributed by atoms with van der Waals surface area (Å²) in [7, 11) is -3.78. The molecule has 86 valence electrons. The zero-order chi connectivity index (χ0) is 12.1. The number of hydrogen-bond donors (Lipinski definition) is 1. The van der Waals surface area contributed by atoms with Crippen molar-refractivity contribution in [3.05, 3.63) is 33.9 Å². The van der Waals surface area contributed by atoms with Gasteiger partial charge in [0.05, 0.1) is 10.7 Å². The zero-order valence-corrected chi connectivity index (χ0v) is 9.19. The molecule has 1 aliphatic rings. The number of nitrogens with zero attached hydrogens (tertiary/aromatic N) is 1. The summed E-state index contributed by atoms with van der Waals surface area (Å²) in [5.41, 5.74) is -1.93. The van der Waals surface area contributed by atoms with Crippen LogP contribution in [0.25, 0.3) is 0 Å². The van der Waals surface area contributed by atoms with Crippen LogP contribution in [0.5, 0.6) is 0 Å². The van der Waals surface area contributed by atoms with Crippen LogP contribution >= 0.6 is 0 Å². The lowest BCUT2D eigenvalue weighted by molar-refractivity contribution is -0.387. The highest BCUT2D eigenvalue weighted by Gasteiger charge is 2.46. The molecule has 1 aliphatic heterocycles. The molecule has 0 radical (unpaired) electrons. The lowest BCUT2D eigenvalue weighted by Crippen LogP contribution is -2.22. The molecule has 0 bridgehead atoms. The normalized spacial score (nSPS) is 26.4. The Morgan fingerprint density at radius 1 is 1.50 bits per heavy atom. The van der Waals surface area contributed by atoms with Crippen LogP contribution in [0.4, 0.5) is 5.69 Å². The van der Waals surface area contributed by atoms with Crippen molar-refractivity contribution in [2.45, 2.75) is 17.4 Å². The molecule has 1 unspecified atom stereocenters. The molecule has 0 amide bonds. The largest absolute Gasteiger partial charge is 0.384 e. The maximum Gasteiger partial charge on any atom is 0.288 e. The molecule has 2 rings (SSSR count). The molecule has 0 fully saturated rings. The minimum absolute atomic E-state index is 0.0988. The summed E-state index contributed by atoms with van der Waals surface area (Å²) < 4.78 is 23.5. The van der Waals surface area contributed by atoms with Crippen LogP contribution in [0.3, 0.4) is 0 Å². The van der Waals surface area contributed by atoms with Gasteiger partial charge in [-0.05, 0) is 6.92 Å². The number of fused-ring (bicyclic) bond motifs is 1. The Bertz CT molecular complexity index is 576. The van der Waals surface area contributed by atoms with E-state index in [9.17, 15) is 23.6 Å². The first-order valence-corrected chi connectivity index (χ1v) is 6.14. The molecular formula is C9H9NO5S. The van der Waals surface area contributed by atoms with Crippen LogP contribution < -0.4 is 0 Å². The quantitative estimate of drug-likeness (QED) is 0.575. The van der Waals surface area contributed by atoms with Crippen molar-refractivity contribution < 1.29 is 18.4 Å². The van der Waals surface area contributed by atoms with Gasteiger partial charge in [0.2, 0.25) is 0 Å². The number of aliphatic hydroxyl groups is 1. The number of hydrogen-bond acceptors (Lipinski definition) is 5. The van der Waals surface area contributed by atoms with Crippen molar-refractivity contribution in [2.24, 2.45) is 0 Å². The van der Waals surface area contributed by atoms with Crippen LogP contribution in [0.15, 0.2) is 23.1 Å². The van der Waals surface area contributed by atoms with E-state index in [2.05, 4.69) is 0 Å². The zero-order valence-electron chi connectivity index (χ0n) is 8.37. The predicted octanol–water partition coefficient (Wildman–Crippen LogP) is 0.590. The second kappa shape index (κ2) is 3.02. The van der Waals surface area contributed by atoms with E-state index in [0.29, 0.717) is 0 Å². The van der Waals surface area contributed by atoms with E-state index >= 15 is 0 Å². The Hall–Kier alpha value is -1.47. The van der Waals surface area contributed by atoms with Gasteiger partial charge in [0.25, 0.3) is 5.69 Å². The maximum atomic E-state index is 11.7. The number of rotatable bonds is 1. The molecule has 16 heavy (non-hydrogen) atoms. The van der Waals surface area contributed by atoms with Gasteiger partial charge in [-0.2, -0.15) is 0 Å². The average molecular weight is 243 g/mol. The Kier molecular flexibility index (Phi) is 2.08. The molecule has 1 heterocycles. The third-order valence-corrected chi connectivity index (χ3v) is 4.55. The number of nitro benzene ring substituents is 1. The summed E-state index contributed by atoms with van der Waals surface area (Å²) in [5, 5.41) is 20.6. The SMILES string of the molecule is CC1(O)CS(=O)(=O)c2c([N+](=O)[O-])cccc21. The first kappa shape index (κ1) is 11.0. The number of nitro groups is 1. The number of benzene rings is 1. The first-order valence-electron chi connectivity index (χ1n) is 4.49. The van der Waals surface area contributed by atoms with Crippen molar-refractivity contribution in [2.75, 3.05) is 5.75 Å². The van der Waals surface area contributed by atoms with E-state index < -0.39 is 31.8 Å². The maximum absolute atomic E-state index is 11.7. The molecule has 7 heteroatoms. The molecule has 1 aromatic carbocycles. The molecule has 1 atom stereocenters. The van der Waals surface area contributed by atoms with Gasteiger partial charge in [0.1, 0.15) is 5.60 Å². The van der Waals surface area contributed by atoms with Crippen molar-refractivity contribution >= 4 is 15.5 Å². The third-order valence-electron chi connectivity index (χ3n) is 2.55. The Labute approximate surface area is 91.6 Å². The number of sulfone groups is 1. The molecular weight excluding hydrogens is 234 g/mol. The van der Waals surface area contributed by atoms with E-state index in [4.69, 9.17) is 0 Å². The van der Waals surface area contributed by atoms with Gasteiger partial charge in [-0.15, -0.1) is 0 Å². The fourth-order valence-electron chi connectivity index (χ4n) is 1.94. The topological polar surface area (TPSA) is 97.5 Å². The first-order chi connectivity index (χ1) is 7.26. The van der Waals surface area contributed by atoms with Crippen LogP contribution in [0.1, 0.15) is 12.5 Å². The van der Waals surface area contributed by atoms with Crippen molar-refractivity contribution in [1.82, 2.24) is 0 Å². The van der Waals surface area contributed by atoms with Gasteiger partial charge in [0, 0.05) is 11.6 Å². The van der Waals surface area contributed by atoms with E-state index in [-0.39, 0.29) is 10.5 Å². The van der Waals surface area contributed by atoms with E-state index in [0.717, 1.165) is 6.07 Å². The molecule has 1 N–H and O–H groups in total. The van der Waals surface area contributed by atoms with Gasteiger partial charge in [0.15, 0.2) is 14.7 Å². The molecule has 0 saturated heterocycles. The lowest BCUT2D eigenvalue weighted by atomic mass is 9.98. The molecule has 6 nitrogen and oxygen atoms in total. The summed E-state index contributed by atoms with van der Waals surface area (Å²) >= 11 is 0. The molecule has 0 spiro atoms. The fraction of sp³-hybridized carbons (Fsp3) is 0.333. The summed E-state index contributed by atoms with van der Waals surface area (Å²) in [5.74, 6) is -0.514. The van der Waals surface area contributed by atoms with Gasteiger partial charge in [-0.25, -0.2) is 8.42 Å². The second-order valence-electron chi connectivity index (χ2n) is 3.94. The summed E-state index contributed by atoms with van der Waals surface area (Å²) in [6.07, 6.45) is 0. The highest BCUT2D eigenvalue weighted by Crippen LogP contribution is 2.42. The third kappa shape index (κ3) is 1.40. The highest BCUT2D eigenvalue weighted by molar-refractivity contribution is 7.92. The highest BCUT2D eigenvalue weighted by atomic mass is 32.2. The Morgan fingerprint density at radius 2 is 2.12 bits per heavy atom. The predicted molar refractivity (Wildman–Crippen MR) is 54.7 cm³/mol. The van der Waals surface area contributed by atoms with Gasteiger partial charge in [-0.1, -0.05) is 12.1 Å². The summed E-state index contributed by atoms with van der Waals surface area (Å²) in [4.78, 5) is 9.61. The molecule has 0 aliphatic carbocycles. The van der Waals surface area contributed by atoms with E-state index in [1.165, 1.54) is 19.1 Å². The van der Waals surface area contributed by atoms with Crippen LogP contribution in [0, 0.1) is 10.1 Å². The minimum atomic E-state index is -3.78. The second-order valence-corrected chi connectivity index (χ2v) is 5.87. The molecule has 1 aromatic rings. The average Bonchev–Trinajstić information content (AvgIpc) is 2.33. The van der Waals surface area contributed by atoms with Gasteiger partial charge >= 0.3 is 0 Å². The van der Waals surface area contributed by atoms with Crippen molar-refractivity contribution in [3.63, 3.8) is 0 Å². The van der Waals surface area contributed by atoms with Crippen LogP contribution in [-0.4, -0.2) is 24.2 Å². The van der Waals surface area contributed by atoms with E-state index in [1.54, 1.807) is 0 Å². The Balaban J connectivity index is 2.87. The Morgan fingerprint density at radius 3 is 2.69 bits per heavy atom. The summed E-state index contributed by atoms with van der Waals surface area (Å²) in [6.45, 7) is 1.33.